The predicted octanol–water partition coefficient (Wildman–Crippen LogP) is 5.49. The number of benzene rings is 1. The number of hydrogen-bond acceptors (Lipinski definition) is 5. The highest BCUT2D eigenvalue weighted by Crippen LogP contribution is 2.25. The van der Waals surface area contributed by atoms with Crippen LogP contribution in [0.3, 0.4) is 0 Å². The third-order valence-corrected chi connectivity index (χ3v) is 4.94. The summed E-state index contributed by atoms with van der Waals surface area (Å²) in [6, 6.07) is 5.04. The molecule has 1 aromatic rings. The highest BCUT2D eigenvalue weighted by Gasteiger charge is 2.34. The van der Waals surface area contributed by atoms with Gasteiger partial charge >= 0.3 is 12.1 Å². The molecule has 0 aliphatic carbocycles. The lowest BCUT2D eigenvalue weighted by molar-refractivity contribution is -0.158. The smallest absolute Gasteiger partial charge is 0.408 e. The standard InChI is InChI=1S/C24H38FNO5/c1-9-17(10-2)21(30-19-13-11-12-18(25)14-19)16(5)29-22(27)20(15(3)4)26-23(28)31-24(6,7)8/h11-17,20-21H,9-10H2,1-8H3,(H,26,28)/t16-,20-,21-/m0/s1. The van der Waals surface area contributed by atoms with Crippen LogP contribution in [0.2, 0.25) is 0 Å². The Kier molecular flexibility index (Phi) is 10.3. The number of rotatable bonds is 10. The molecule has 0 aliphatic heterocycles. The fraction of sp³-hybridized carbons (Fsp3) is 0.667. The van der Waals surface area contributed by atoms with E-state index in [1.54, 1.807) is 39.8 Å². The summed E-state index contributed by atoms with van der Waals surface area (Å²) in [6.45, 7) is 14.7. The van der Waals surface area contributed by atoms with E-state index in [0.29, 0.717) is 5.75 Å². The molecule has 1 amide bonds. The monoisotopic (exact) mass is 439 g/mol. The van der Waals surface area contributed by atoms with Crippen molar-refractivity contribution in [2.75, 3.05) is 0 Å². The lowest BCUT2D eigenvalue weighted by Crippen LogP contribution is -2.49. The van der Waals surface area contributed by atoms with Gasteiger partial charge in [-0.2, -0.15) is 0 Å². The van der Waals surface area contributed by atoms with Crippen LogP contribution < -0.4 is 10.1 Å². The van der Waals surface area contributed by atoms with E-state index in [0.717, 1.165) is 12.8 Å². The molecule has 0 fully saturated rings. The van der Waals surface area contributed by atoms with Crippen LogP contribution in [0.5, 0.6) is 5.75 Å². The van der Waals surface area contributed by atoms with Crippen molar-refractivity contribution in [1.82, 2.24) is 5.32 Å². The summed E-state index contributed by atoms with van der Waals surface area (Å²) in [5, 5.41) is 2.61. The Morgan fingerprint density at radius 1 is 1.10 bits per heavy atom. The fourth-order valence-electron chi connectivity index (χ4n) is 3.28. The zero-order chi connectivity index (χ0) is 23.8. The molecule has 0 heterocycles. The van der Waals surface area contributed by atoms with E-state index in [1.165, 1.54) is 12.1 Å². The molecular formula is C24H38FNO5. The molecule has 0 bridgehead atoms. The van der Waals surface area contributed by atoms with Gasteiger partial charge in [0, 0.05) is 6.07 Å². The topological polar surface area (TPSA) is 73.9 Å². The Morgan fingerprint density at radius 3 is 2.19 bits per heavy atom. The summed E-state index contributed by atoms with van der Waals surface area (Å²) < 4.78 is 30.7. The fourth-order valence-corrected chi connectivity index (χ4v) is 3.28. The second-order valence-corrected chi connectivity index (χ2v) is 9.13. The predicted molar refractivity (Wildman–Crippen MR) is 118 cm³/mol. The Balaban J connectivity index is 2.96. The van der Waals surface area contributed by atoms with Gasteiger partial charge in [0.25, 0.3) is 0 Å². The Morgan fingerprint density at radius 2 is 1.71 bits per heavy atom. The Hall–Kier alpha value is -2.31. The second-order valence-electron chi connectivity index (χ2n) is 9.13. The molecule has 1 aromatic carbocycles. The number of amides is 1. The summed E-state index contributed by atoms with van der Waals surface area (Å²) in [5.41, 5.74) is -0.678. The van der Waals surface area contributed by atoms with E-state index in [4.69, 9.17) is 14.2 Å². The van der Waals surface area contributed by atoms with Crippen molar-refractivity contribution in [2.24, 2.45) is 11.8 Å². The second kappa shape index (κ2) is 11.9. The average molecular weight is 440 g/mol. The van der Waals surface area contributed by atoms with Crippen LogP contribution in [0.4, 0.5) is 9.18 Å². The molecule has 3 atom stereocenters. The number of carbonyl (C=O) groups is 2. The van der Waals surface area contributed by atoms with Gasteiger partial charge in [-0.25, -0.2) is 14.0 Å². The van der Waals surface area contributed by atoms with E-state index < -0.39 is 41.7 Å². The minimum absolute atomic E-state index is 0.0994. The highest BCUT2D eigenvalue weighted by atomic mass is 19.1. The van der Waals surface area contributed by atoms with Crippen LogP contribution in [0.15, 0.2) is 24.3 Å². The minimum Gasteiger partial charge on any atom is -0.486 e. The number of carbonyl (C=O) groups excluding carboxylic acids is 2. The third-order valence-electron chi connectivity index (χ3n) is 4.94. The molecular weight excluding hydrogens is 401 g/mol. The first-order valence-corrected chi connectivity index (χ1v) is 11.0. The molecule has 6 nitrogen and oxygen atoms in total. The van der Waals surface area contributed by atoms with E-state index in [9.17, 15) is 14.0 Å². The normalized spacial score (nSPS) is 14.7. The van der Waals surface area contributed by atoms with E-state index in [1.807, 2.05) is 27.7 Å². The van der Waals surface area contributed by atoms with Gasteiger partial charge in [0.2, 0.25) is 0 Å². The largest absolute Gasteiger partial charge is 0.486 e. The van der Waals surface area contributed by atoms with Gasteiger partial charge < -0.3 is 19.5 Å². The Labute approximate surface area is 185 Å². The molecule has 0 radical (unpaired) electrons. The maximum Gasteiger partial charge on any atom is 0.408 e. The molecule has 0 saturated carbocycles. The summed E-state index contributed by atoms with van der Waals surface area (Å²) in [7, 11) is 0. The Bertz CT molecular complexity index is 712. The average Bonchev–Trinajstić information content (AvgIpc) is 2.64. The number of esters is 1. The molecule has 176 valence electrons. The van der Waals surface area contributed by atoms with Gasteiger partial charge in [-0.15, -0.1) is 0 Å². The quantitative estimate of drug-likeness (QED) is 0.488. The van der Waals surface area contributed by atoms with Gasteiger partial charge in [-0.05, 0) is 64.5 Å². The first-order valence-electron chi connectivity index (χ1n) is 11.0. The van der Waals surface area contributed by atoms with E-state index >= 15 is 0 Å². The number of alkyl carbamates (subject to hydrolysis) is 1. The summed E-state index contributed by atoms with van der Waals surface area (Å²) in [5.74, 6) is -0.684. The van der Waals surface area contributed by atoms with Crippen LogP contribution in [-0.4, -0.2) is 35.9 Å². The lowest BCUT2D eigenvalue weighted by Gasteiger charge is -2.32. The summed E-state index contributed by atoms with van der Waals surface area (Å²) in [6.07, 6.45) is -0.134. The van der Waals surface area contributed by atoms with Crippen molar-refractivity contribution in [1.29, 1.82) is 0 Å². The maximum absolute atomic E-state index is 13.6. The van der Waals surface area contributed by atoms with Crippen LogP contribution in [0.25, 0.3) is 0 Å². The van der Waals surface area contributed by atoms with Crippen molar-refractivity contribution < 1.29 is 28.2 Å². The number of halogens is 1. The summed E-state index contributed by atoms with van der Waals surface area (Å²) in [4.78, 5) is 25.1. The van der Waals surface area contributed by atoms with Gasteiger partial charge in [0.15, 0.2) is 0 Å². The number of hydrogen-bond donors (Lipinski definition) is 1. The molecule has 1 rings (SSSR count). The van der Waals surface area contributed by atoms with Crippen molar-refractivity contribution in [2.45, 2.75) is 92.1 Å². The lowest BCUT2D eigenvalue weighted by atomic mass is 9.93. The van der Waals surface area contributed by atoms with Gasteiger partial charge in [0.05, 0.1) is 0 Å². The van der Waals surface area contributed by atoms with Crippen molar-refractivity contribution in [3.8, 4) is 5.75 Å². The van der Waals surface area contributed by atoms with Gasteiger partial charge in [0.1, 0.15) is 35.4 Å². The minimum atomic E-state index is -0.867. The first kappa shape index (κ1) is 26.7. The third kappa shape index (κ3) is 9.15. The number of nitrogens with one attached hydrogen (secondary N) is 1. The first-order chi connectivity index (χ1) is 14.4. The highest BCUT2D eigenvalue weighted by molar-refractivity contribution is 5.81. The van der Waals surface area contributed by atoms with Crippen LogP contribution in [0.1, 0.15) is 68.2 Å². The maximum atomic E-state index is 13.6. The molecule has 0 aliphatic rings. The molecule has 31 heavy (non-hydrogen) atoms. The molecule has 0 spiro atoms. The van der Waals surface area contributed by atoms with Crippen molar-refractivity contribution in [3.63, 3.8) is 0 Å². The van der Waals surface area contributed by atoms with Gasteiger partial charge in [-0.1, -0.05) is 33.8 Å². The van der Waals surface area contributed by atoms with Crippen LogP contribution in [-0.2, 0) is 14.3 Å². The number of ether oxygens (including phenoxy) is 3. The van der Waals surface area contributed by atoms with E-state index in [-0.39, 0.29) is 11.8 Å². The zero-order valence-corrected chi connectivity index (χ0v) is 20.0. The van der Waals surface area contributed by atoms with Crippen molar-refractivity contribution >= 4 is 12.1 Å². The summed E-state index contributed by atoms with van der Waals surface area (Å²) >= 11 is 0. The molecule has 0 saturated heterocycles. The molecule has 7 heteroatoms. The SMILES string of the molecule is CCC(CC)[C@@H](Oc1cccc(F)c1)[C@H](C)OC(=O)[C@@H](NC(=O)OC(C)(C)C)C(C)C. The zero-order valence-electron chi connectivity index (χ0n) is 20.0. The molecule has 1 N–H and O–H groups in total. The van der Waals surface area contributed by atoms with Crippen LogP contribution >= 0.6 is 0 Å². The van der Waals surface area contributed by atoms with Crippen LogP contribution in [0, 0.1) is 17.7 Å². The van der Waals surface area contributed by atoms with Gasteiger partial charge in [-0.3, -0.25) is 0 Å². The van der Waals surface area contributed by atoms with Crippen molar-refractivity contribution in [3.05, 3.63) is 30.1 Å². The van der Waals surface area contributed by atoms with E-state index in [2.05, 4.69) is 5.32 Å². The molecule has 0 aromatic heterocycles. The molecule has 0 unspecified atom stereocenters.